The third-order valence-corrected chi connectivity index (χ3v) is 3.15. The standard InChI is InChI=1S/C9H9NO4S/c1-13-15(11,12)6-8-7-4-2-3-5-9(7)14-10-8/h2-5H,6H2,1H3. The zero-order chi connectivity index (χ0) is 10.9. The zero-order valence-corrected chi connectivity index (χ0v) is 8.82. The Morgan fingerprint density at radius 3 is 2.87 bits per heavy atom. The van der Waals surface area contributed by atoms with Crippen LogP contribution in [0.15, 0.2) is 28.8 Å². The number of hydrogen-bond donors (Lipinski definition) is 0. The van der Waals surface area contributed by atoms with E-state index in [0.29, 0.717) is 16.7 Å². The average molecular weight is 227 g/mol. The summed E-state index contributed by atoms with van der Waals surface area (Å²) in [5.41, 5.74) is 0.936. The van der Waals surface area contributed by atoms with Gasteiger partial charge in [-0.1, -0.05) is 17.3 Å². The maximum atomic E-state index is 11.2. The molecule has 0 saturated carbocycles. The van der Waals surface area contributed by atoms with Crippen LogP contribution in [0.5, 0.6) is 0 Å². The number of benzene rings is 1. The van der Waals surface area contributed by atoms with E-state index in [1.165, 1.54) is 0 Å². The van der Waals surface area contributed by atoms with E-state index in [4.69, 9.17) is 4.52 Å². The molecule has 0 spiro atoms. The Morgan fingerprint density at radius 2 is 2.13 bits per heavy atom. The van der Waals surface area contributed by atoms with Crippen LogP contribution < -0.4 is 0 Å². The molecule has 0 unspecified atom stereocenters. The van der Waals surface area contributed by atoms with Gasteiger partial charge in [-0.25, -0.2) is 0 Å². The first kappa shape index (κ1) is 10.1. The van der Waals surface area contributed by atoms with Gasteiger partial charge in [0, 0.05) is 5.39 Å². The lowest BCUT2D eigenvalue weighted by molar-refractivity contribution is 0.393. The Labute approximate surface area is 86.8 Å². The minimum absolute atomic E-state index is 0.277. The smallest absolute Gasteiger partial charge is 0.272 e. The monoisotopic (exact) mass is 227 g/mol. The Hall–Kier alpha value is -1.40. The van der Waals surface area contributed by atoms with E-state index in [1.807, 2.05) is 0 Å². The van der Waals surface area contributed by atoms with Gasteiger partial charge < -0.3 is 4.52 Å². The molecule has 0 aliphatic carbocycles. The molecule has 2 rings (SSSR count). The molecule has 0 N–H and O–H groups in total. The highest BCUT2D eigenvalue weighted by Gasteiger charge is 2.16. The lowest BCUT2D eigenvalue weighted by Crippen LogP contribution is -2.06. The number of fused-ring (bicyclic) bond motifs is 1. The second kappa shape index (κ2) is 3.63. The number of hydrogen-bond acceptors (Lipinski definition) is 5. The van der Waals surface area contributed by atoms with E-state index in [-0.39, 0.29) is 5.75 Å². The minimum Gasteiger partial charge on any atom is -0.356 e. The van der Waals surface area contributed by atoms with Gasteiger partial charge in [-0.3, -0.25) is 4.18 Å². The highest BCUT2D eigenvalue weighted by Crippen LogP contribution is 2.19. The molecule has 80 valence electrons. The molecule has 15 heavy (non-hydrogen) atoms. The quantitative estimate of drug-likeness (QED) is 0.739. The third-order valence-electron chi connectivity index (χ3n) is 2.02. The molecule has 0 bridgehead atoms. The lowest BCUT2D eigenvalue weighted by atomic mass is 10.2. The van der Waals surface area contributed by atoms with E-state index < -0.39 is 10.1 Å². The summed E-state index contributed by atoms with van der Waals surface area (Å²) >= 11 is 0. The van der Waals surface area contributed by atoms with E-state index in [2.05, 4.69) is 9.34 Å². The summed E-state index contributed by atoms with van der Waals surface area (Å²) in [6.45, 7) is 0. The van der Waals surface area contributed by atoms with Crippen LogP contribution in [0.25, 0.3) is 11.0 Å². The molecule has 1 heterocycles. The predicted octanol–water partition coefficient (Wildman–Crippen LogP) is 1.30. The molecule has 5 nitrogen and oxygen atoms in total. The van der Waals surface area contributed by atoms with Crippen LogP contribution in [-0.2, 0) is 20.1 Å². The molecule has 1 aromatic heterocycles. The van der Waals surface area contributed by atoms with Gasteiger partial charge in [0.2, 0.25) is 0 Å². The summed E-state index contributed by atoms with van der Waals surface area (Å²) in [5.74, 6) is -0.277. The molecule has 2 aromatic rings. The van der Waals surface area contributed by atoms with Crippen LogP contribution in [0.4, 0.5) is 0 Å². The largest absolute Gasteiger partial charge is 0.356 e. The van der Waals surface area contributed by atoms with E-state index in [1.54, 1.807) is 24.3 Å². The molecule has 0 aliphatic heterocycles. The van der Waals surface area contributed by atoms with Crippen molar-refractivity contribution in [3.63, 3.8) is 0 Å². The van der Waals surface area contributed by atoms with Crippen LogP contribution in [0.1, 0.15) is 5.69 Å². The molecule has 0 aliphatic rings. The summed E-state index contributed by atoms with van der Waals surface area (Å²) in [7, 11) is -2.43. The Balaban J connectivity index is 2.46. The van der Waals surface area contributed by atoms with Crippen LogP contribution >= 0.6 is 0 Å². The Kier molecular flexibility index (Phi) is 2.45. The van der Waals surface area contributed by atoms with Crippen molar-refractivity contribution in [1.82, 2.24) is 5.16 Å². The fraction of sp³-hybridized carbons (Fsp3) is 0.222. The molecular formula is C9H9NO4S. The van der Waals surface area contributed by atoms with E-state index in [9.17, 15) is 8.42 Å². The molecule has 1 aromatic carbocycles. The normalized spacial score (nSPS) is 12.1. The fourth-order valence-electron chi connectivity index (χ4n) is 1.27. The second-order valence-electron chi connectivity index (χ2n) is 2.99. The Bertz CT molecular complexity index is 573. The summed E-state index contributed by atoms with van der Waals surface area (Å²) < 4.78 is 31.7. The van der Waals surface area contributed by atoms with Crippen LogP contribution in [0.3, 0.4) is 0 Å². The molecule has 6 heteroatoms. The van der Waals surface area contributed by atoms with Crippen molar-refractivity contribution >= 4 is 21.1 Å². The van der Waals surface area contributed by atoms with Crippen molar-refractivity contribution in [3.8, 4) is 0 Å². The zero-order valence-electron chi connectivity index (χ0n) is 8.00. The highest BCUT2D eigenvalue weighted by atomic mass is 32.2. The number of nitrogens with zero attached hydrogens (tertiary/aromatic N) is 1. The fourth-order valence-corrected chi connectivity index (χ4v) is 1.93. The highest BCUT2D eigenvalue weighted by molar-refractivity contribution is 7.85. The van der Waals surface area contributed by atoms with Gasteiger partial charge in [0.1, 0.15) is 11.4 Å². The first-order valence-electron chi connectivity index (χ1n) is 4.24. The van der Waals surface area contributed by atoms with Gasteiger partial charge in [0.05, 0.1) is 7.11 Å². The number of rotatable bonds is 3. The van der Waals surface area contributed by atoms with Crippen molar-refractivity contribution in [2.75, 3.05) is 7.11 Å². The third kappa shape index (κ3) is 2.00. The molecule has 0 fully saturated rings. The summed E-state index contributed by atoms with van der Waals surface area (Å²) in [6.07, 6.45) is 0. The van der Waals surface area contributed by atoms with Gasteiger partial charge in [-0.15, -0.1) is 0 Å². The van der Waals surface area contributed by atoms with Gasteiger partial charge in [0.15, 0.2) is 5.58 Å². The summed E-state index contributed by atoms with van der Waals surface area (Å²) in [5, 5.41) is 4.39. The minimum atomic E-state index is -3.56. The van der Waals surface area contributed by atoms with Gasteiger partial charge >= 0.3 is 0 Å². The van der Waals surface area contributed by atoms with Gasteiger partial charge in [-0.05, 0) is 12.1 Å². The summed E-state index contributed by atoms with van der Waals surface area (Å²) in [6, 6.07) is 7.07. The topological polar surface area (TPSA) is 69.4 Å². The van der Waals surface area contributed by atoms with Crippen LogP contribution in [0, 0.1) is 0 Å². The predicted molar refractivity (Wildman–Crippen MR) is 53.6 cm³/mol. The molecule has 0 atom stereocenters. The second-order valence-corrected chi connectivity index (χ2v) is 4.73. The molecule has 0 radical (unpaired) electrons. The van der Waals surface area contributed by atoms with E-state index in [0.717, 1.165) is 7.11 Å². The SMILES string of the molecule is COS(=O)(=O)Cc1noc2ccccc12. The van der Waals surface area contributed by atoms with Crippen molar-refractivity contribution < 1.29 is 17.1 Å². The Morgan fingerprint density at radius 1 is 1.40 bits per heavy atom. The first-order valence-corrected chi connectivity index (χ1v) is 5.82. The van der Waals surface area contributed by atoms with E-state index >= 15 is 0 Å². The van der Waals surface area contributed by atoms with Gasteiger partial charge in [-0.2, -0.15) is 8.42 Å². The molecule has 0 saturated heterocycles. The number of para-hydroxylation sites is 1. The van der Waals surface area contributed by atoms with Crippen LogP contribution in [-0.4, -0.2) is 20.7 Å². The van der Waals surface area contributed by atoms with Crippen molar-refractivity contribution in [2.24, 2.45) is 0 Å². The van der Waals surface area contributed by atoms with Crippen molar-refractivity contribution in [1.29, 1.82) is 0 Å². The maximum absolute atomic E-state index is 11.2. The molecular weight excluding hydrogens is 218 g/mol. The van der Waals surface area contributed by atoms with Crippen LogP contribution in [0.2, 0.25) is 0 Å². The maximum Gasteiger partial charge on any atom is 0.272 e. The first-order chi connectivity index (χ1) is 7.12. The molecule has 0 amide bonds. The average Bonchev–Trinajstić information content (AvgIpc) is 2.62. The lowest BCUT2D eigenvalue weighted by Gasteiger charge is -1.96. The number of aromatic nitrogens is 1. The van der Waals surface area contributed by atoms with Gasteiger partial charge in [0.25, 0.3) is 10.1 Å². The summed E-state index contributed by atoms with van der Waals surface area (Å²) in [4.78, 5) is 0. The van der Waals surface area contributed by atoms with Crippen molar-refractivity contribution in [2.45, 2.75) is 5.75 Å². The van der Waals surface area contributed by atoms with Crippen molar-refractivity contribution in [3.05, 3.63) is 30.0 Å².